The van der Waals surface area contributed by atoms with E-state index in [9.17, 15) is 0 Å². The number of nitrogens with two attached hydrogens (primary N) is 1. The van der Waals surface area contributed by atoms with Gasteiger partial charge in [-0.1, -0.05) is 0 Å². The predicted molar refractivity (Wildman–Crippen MR) is 44.2 cm³/mol. The van der Waals surface area contributed by atoms with Gasteiger partial charge in [0.05, 0.1) is 11.2 Å². The van der Waals surface area contributed by atoms with Crippen molar-refractivity contribution in [2.24, 2.45) is 5.73 Å². The van der Waals surface area contributed by atoms with Gasteiger partial charge in [0.15, 0.2) is 0 Å². The molecule has 0 saturated heterocycles. The first kappa shape index (κ1) is 7.69. The van der Waals surface area contributed by atoms with E-state index in [0.29, 0.717) is 0 Å². The molecular formula is C7H12N2S. The largest absolute Gasteiger partial charge is 0.328 e. The zero-order valence-electron chi connectivity index (χ0n) is 6.29. The summed E-state index contributed by atoms with van der Waals surface area (Å²) in [4.78, 5) is 5.48. The highest BCUT2D eigenvalue weighted by molar-refractivity contribution is 7.09. The van der Waals surface area contributed by atoms with Gasteiger partial charge in [-0.2, -0.15) is 0 Å². The molecule has 1 rings (SSSR count). The van der Waals surface area contributed by atoms with Crippen LogP contribution in [0.25, 0.3) is 0 Å². The van der Waals surface area contributed by atoms with E-state index in [4.69, 9.17) is 5.73 Å². The van der Waals surface area contributed by atoms with Crippen LogP contribution in [-0.2, 0) is 6.42 Å². The van der Waals surface area contributed by atoms with Crippen LogP contribution in [0.5, 0.6) is 0 Å². The molecule has 0 saturated carbocycles. The van der Waals surface area contributed by atoms with E-state index in [1.165, 1.54) is 4.88 Å². The lowest BCUT2D eigenvalue weighted by Crippen LogP contribution is -2.18. The summed E-state index contributed by atoms with van der Waals surface area (Å²) in [5, 5.41) is 0. The minimum absolute atomic E-state index is 0.223. The molecule has 0 aromatic carbocycles. The summed E-state index contributed by atoms with van der Waals surface area (Å²) in [6, 6.07) is 0.223. The highest BCUT2D eigenvalue weighted by atomic mass is 32.1. The molecule has 2 nitrogen and oxygen atoms in total. The summed E-state index contributed by atoms with van der Waals surface area (Å²) in [6.45, 7) is 4.08. The standard InChI is InChI=1S/C7H12N2S/c1-5(8)3-7-6(2)10-4-9-7/h4-5H,3,8H2,1-2H3. The second kappa shape index (κ2) is 3.12. The molecule has 1 heterocycles. The van der Waals surface area contributed by atoms with Crippen LogP contribution in [0.15, 0.2) is 5.51 Å². The predicted octanol–water partition coefficient (Wildman–Crippen LogP) is 1.34. The molecule has 0 aliphatic carbocycles. The van der Waals surface area contributed by atoms with Gasteiger partial charge in [0.25, 0.3) is 0 Å². The quantitative estimate of drug-likeness (QED) is 0.701. The number of nitrogens with zero attached hydrogens (tertiary/aromatic N) is 1. The molecule has 0 aliphatic heterocycles. The lowest BCUT2D eigenvalue weighted by molar-refractivity contribution is 0.723. The molecule has 3 heteroatoms. The van der Waals surface area contributed by atoms with E-state index < -0.39 is 0 Å². The Balaban J connectivity index is 2.65. The van der Waals surface area contributed by atoms with Gasteiger partial charge in [-0.3, -0.25) is 0 Å². The molecule has 56 valence electrons. The van der Waals surface area contributed by atoms with Crippen LogP contribution in [0.1, 0.15) is 17.5 Å². The van der Waals surface area contributed by atoms with Crippen molar-refractivity contribution < 1.29 is 0 Å². The Morgan fingerprint density at radius 2 is 2.50 bits per heavy atom. The summed E-state index contributed by atoms with van der Waals surface area (Å²) in [6.07, 6.45) is 0.898. The summed E-state index contributed by atoms with van der Waals surface area (Å²) in [7, 11) is 0. The van der Waals surface area contributed by atoms with Crippen LogP contribution in [0.2, 0.25) is 0 Å². The summed E-state index contributed by atoms with van der Waals surface area (Å²) in [5.41, 5.74) is 8.64. The Kier molecular flexibility index (Phi) is 2.40. The van der Waals surface area contributed by atoms with E-state index in [2.05, 4.69) is 11.9 Å². The zero-order valence-corrected chi connectivity index (χ0v) is 7.11. The van der Waals surface area contributed by atoms with Crippen LogP contribution in [-0.4, -0.2) is 11.0 Å². The molecule has 10 heavy (non-hydrogen) atoms. The van der Waals surface area contributed by atoms with Crippen LogP contribution >= 0.6 is 11.3 Å². The average Bonchev–Trinajstić information content (AvgIpc) is 2.15. The molecule has 0 fully saturated rings. The van der Waals surface area contributed by atoms with Crippen molar-refractivity contribution >= 4 is 11.3 Å². The lowest BCUT2D eigenvalue weighted by Gasteiger charge is -2.01. The molecule has 0 spiro atoms. The lowest BCUT2D eigenvalue weighted by atomic mass is 10.2. The number of hydrogen-bond acceptors (Lipinski definition) is 3. The molecule has 1 unspecified atom stereocenters. The van der Waals surface area contributed by atoms with Gasteiger partial charge in [0, 0.05) is 17.3 Å². The van der Waals surface area contributed by atoms with E-state index in [1.807, 2.05) is 12.4 Å². The number of aryl methyl sites for hydroxylation is 1. The van der Waals surface area contributed by atoms with Crippen molar-refractivity contribution in [1.29, 1.82) is 0 Å². The van der Waals surface area contributed by atoms with Gasteiger partial charge in [-0.05, 0) is 13.8 Å². The highest BCUT2D eigenvalue weighted by Crippen LogP contribution is 2.11. The number of hydrogen-bond donors (Lipinski definition) is 1. The maximum absolute atomic E-state index is 5.62. The van der Waals surface area contributed by atoms with E-state index in [-0.39, 0.29) is 6.04 Å². The Morgan fingerprint density at radius 3 is 2.90 bits per heavy atom. The van der Waals surface area contributed by atoms with Crippen molar-refractivity contribution in [3.63, 3.8) is 0 Å². The molecule has 0 amide bonds. The molecule has 0 radical (unpaired) electrons. The third-order valence-corrected chi connectivity index (χ3v) is 2.16. The smallest absolute Gasteiger partial charge is 0.0797 e. The third kappa shape index (κ3) is 1.78. The Morgan fingerprint density at radius 1 is 1.80 bits per heavy atom. The highest BCUT2D eigenvalue weighted by Gasteiger charge is 2.02. The molecular weight excluding hydrogens is 144 g/mol. The first-order valence-electron chi connectivity index (χ1n) is 3.34. The van der Waals surface area contributed by atoms with Crippen LogP contribution in [0.4, 0.5) is 0 Å². The Labute approximate surface area is 65.1 Å². The van der Waals surface area contributed by atoms with Gasteiger partial charge < -0.3 is 5.73 Å². The van der Waals surface area contributed by atoms with Crippen molar-refractivity contribution in [2.75, 3.05) is 0 Å². The molecule has 1 aromatic rings. The Hall–Kier alpha value is -0.410. The van der Waals surface area contributed by atoms with Gasteiger partial charge in [0.2, 0.25) is 0 Å². The minimum Gasteiger partial charge on any atom is -0.328 e. The van der Waals surface area contributed by atoms with Gasteiger partial charge >= 0.3 is 0 Å². The zero-order chi connectivity index (χ0) is 7.56. The third-order valence-electron chi connectivity index (χ3n) is 1.36. The minimum atomic E-state index is 0.223. The maximum atomic E-state index is 5.62. The number of aromatic nitrogens is 1. The van der Waals surface area contributed by atoms with Crippen LogP contribution in [0.3, 0.4) is 0 Å². The van der Waals surface area contributed by atoms with Crippen molar-refractivity contribution in [3.05, 3.63) is 16.1 Å². The summed E-state index contributed by atoms with van der Waals surface area (Å²) in [5.74, 6) is 0. The number of thiazole rings is 1. The molecule has 2 N–H and O–H groups in total. The van der Waals surface area contributed by atoms with Crippen molar-refractivity contribution in [3.8, 4) is 0 Å². The fourth-order valence-corrected chi connectivity index (χ4v) is 1.44. The molecule has 0 aliphatic rings. The van der Waals surface area contributed by atoms with E-state index in [0.717, 1.165) is 12.1 Å². The molecule has 1 atom stereocenters. The van der Waals surface area contributed by atoms with E-state index >= 15 is 0 Å². The van der Waals surface area contributed by atoms with Gasteiger partial charge in [-0.25, -0.2) is 4.98 Å². The monoisotopic (exact) mass is 156 g/mol. The second-order valence-corrected chi connectivity index (χ2v) is 3.60. The Bertz CT molecular complexity index is 205. The molecule has 0 bridgehead atoms. The number of rotatable bonds is 2. The fraction of sp³-hybridized carbons (Fsp3) is 0.571. The van der Waals surface area contributed by atoms with E-state index in [1.54, 1.807) is 11.3 Å². The first-order chi connectivity index (χ1) is 4.70. The SMILES string of the molecule is Cc1scnc1CC(C)N. The van der Waals surface area contributed by atoms with Gasteiger partial charge in [-0.15, -0.1) is 11.3 Å². The van der Waals surface area contributed by atoms with Gasteiger partial charge in [0.1, 0.15) is 0 Å². The van der Waals surface area contributed by atoms with Crippen LogP contribution in [0, 0.1) is 6.92 Å². The summed E-state index contributed by atoms with van der Waals surface area (Å²) < 4.78 is 0. The van der Waals surface area contributed by atoms with Crippen molar-refractivity contribution in [1.82, 2.24) is 4.98 Å². The topological polar surface area (TPSA) is 38.9 Å². The normalized spacial score (nSPS) is 13.5. The fourth-order valence-electron chi connectivity index (χ4n) is 0.829. The molecule has 1 aromatic heterocycles. The van der Waals surface area contributed by atoms with Crippen LogP contribution < -0.4 is 5.73 Å². The average molecular weight is 156 g/mol. The first-order valence-corrected chi connectivity index (χ1v) is 4.22. The summed E-state index contributed by atoms with van der Waals surface area (Å²) >= 11 is 1.68. The maximum Gasteiger partial charge on any atom is 0.0797 e. The van der Waals surface area contributed by atoms with Crippen molar-refractivity contribution in [2.45, 2.75) is 26.3 Å². The second-order valence-electron chi connectivity index (χ2n) is 2.54.